The third-order valence-electron chi connectivity index (χ3n) is 2.48. The first-order valence-corrected chi connectivity index (χ1v) is 6.04. The standard InChI is InChI=1S/C14H14N2O4/c1-2-19-12-4-3-5-13(9-12)20-14-7-10(15)6-11(8-14)16(17)18/h3-9H,2,15H2,1H3. The summed E-state index contributed by atoms with van der Waals surface area (Å²) in [5.41, 5.74) is 5.78. The molecule has 6 heteroatoms. The maximum Gasteiger partial charge on any atom is 0.275 e. The molecule has 0 aliphatic carbocycles. The molecule has 0 saturated heterocycles. The maximum absolute atomic E-state index is 10.8. The smallest absolute Gasteiger partial charge is 0.275 e. The Hall–Kier alpha value is -2.76. The van der Waals surface area contributed by atoms with Crippen LogP contribution in [-0.4, -0.2) is 11.5 Å². The predicted molar refractivity (Wildman–Crippen MR) is 75.2 cm³/mol. The van der Waals surface area contributed by atoms with Crippen molar-refractivity contribution in [2.45, 2.75) is 6.92 Å². The van der Waals surface area contributed by atoms with Crippen LogP contribution in [0.3, 0.4) is 0 Å². The van der Waals surface area contributed by atoms with Gasteiger partial charge >= 0.3 is 0 Å². The van der Waals surface area contributed by atoms with Crippen molar-refractivity contribution >= 4 is 11.4 Å². The van der Waals surface area contributed by atoms with Gasteiger partial charge in [0.05, 0.1) is 17.6 Å². The molecule has 0 heterocycles. The molecule has 2 N–H and O–H groups in total. The summed E-state index contributed by atoms with van der Waals surface area (Å²) in [6.45, 7) is 2.43. The van der Waals surface area contributed by atoms with E-state index in [0.29, 0.717) is 23.9 Å². The van der Waals surface area contributed by atoms with E-state index in [4.69, 9.17) is 15.2 Å². The van der Waals surface area contributed by atoms with E-state index in [-0.39, 0.29) is 11.4 Å². The topological polar surface area (TPSA) is 87.6 Å². The van der Waals surface area contributed by atoms with Crippen LogP contribution in [0.4, 0.5) is 11.4 Å². The molecule has 0 aromatic heterocycles. The van der Waals surface area contributed by atoms with Gasteiger partial charge in [-0.2, -0.15) is 0 Å². The van der Waals surface area contributed by atoms with E-state index in [1.54, 1.807) is 24.3 Å². The van der Waals surface area contributed by atoms with Gasteiger partial charge in [0.15, 0.2) is 0 Å². The van der Waals surface area contributed by atoms with E-state index < -0.39 is 4.92 Å². The first-order valence-electron chi connectivity index (χ1n) is 6.04. The molecule has 0 bridgehead atoms. The van der Waals surface area contributed by atoms with Crippen molar-refractivity contribution in [1.82, 2.24) is 0 Å². The third-order valence-corrected chi connectivity index (χ3v) is 2.48. The number of nitrogens with two attached hydrogens (primary N) is 1. The lowest BCUT2D eigenvalue weighted by atomic mass is 10.2. The molecule has 2 aromatic carbocycles. The molecule has 2 aromatic rings. The van der Waals surface area contributed by atoms with Crippen LogP contribution >= 0.6 is 0 Å². The molecule has 0 amide bonds. The summed E-state index contributed by atoms with van der Waals surface area (Å²) in [5.74, 6) is 1.50. The third kappa shape index (κ3) is 3.38. The molecule has 20 heavy (non-hydrogen) atoms. The van der Waals surface area contributed by atoms with Crippen molar-refractivity contribution in [2.75, 3.05) is 12.3 Å². The van der Waals surface area contributed by atoms with Crippen LogP contribution in [0.5, 0.6) is 17.2 Å². The second-order valence-corrected chi connectivity index (χ2v) is 4.03. The van der Waals surface area contributed by atoms with Gasteiger partial charge in [-0.25, -0.2) is 0 Å². The summed E-state index contributed by atoms with van der Waals surface area (Å²) in [4.78, 5) is 10.3. The van der Waals surface area contributed by atoms with E-state index in [1.165, 1.54) is 18.2 Å². The minimum atomic E-state index is -0.514. The van der Waals surface area contributed by atoms with Gasteiger partial charge in [-0.3, -0.25) is 10.1 Å². The maximum atomic E-state index is 10.8. The molecule has 0 spiro atoms. The van der Waals surface area contributed by atoms with Crippen molar-refractivity contribution in [3.63, 3.8) is 0 Å². The molecular weight excluding hydrogens is 260 g/mol. The van der Waals surface area contributed by atoms with Crippen LogP contribution in [0.25, 0.3) is 0 Å². The highest BCUT2D eigenvalue weighted by Crippen LogP contribution is 2.29. The number of anilines is 1. The zero-order chi connectivity index (χ0) is 14.5. The zero-order valence-electron chi connectivity index (χ0n) is 10.9. The number of nitrogen functional groups attached to an aromatic ring is 1. The largest absolute Gasteiger partial charge is 0.494 e. The van der Waals surface area contributed by atoms with Gasteiger partial charge in [-0.1, -0.05) is 6.07 Å². The normalized spacial score (nSPS) is 10.1. The zero-order valence-corrected chi connectivity index (χ0v) is 10.9. The Labute approximate surface area is 115 Å². The highest BCUT2D eigenvalue weighted by atomic mass is 16.6. The van der Waals surface area contributed by atoms with Crippen molar-refractivity contribution in [3.05, 3.63) is 52.6 Å². The fraction of sp³-hybridized carbons (Fsp3) is 0.143. The summed E-state index contributed by atoms with van der Waals surface area (Å²) in [6, 6.07) is 11.2. The van der Waals surface area contributed by atoms with Gasteiger partial charge in [-0.05, 0) is 19.1 Å². The molecule has 104 valence electrons. The van der Waals surface area contributed by atoms with Crippen molar-refractivity contribution in [2.24, 2.45) is 0 Å². The van der Waals surface area contributed by atoms with Crippen LogP contribution in [-0.2, 0) is 0 Å². The first-order chi connectivity index (χ1) is 9.58. The Bertz CT molecular complexity index is 628. The highest BCUT2D eigenvalue weighted by Gasteiger charge is 2.10. The molecule has 6 nitrogen and oxygen atoms in total. The lowest BCUT2D eigenvalue weighted by Crippen LogP contribution is -1.94. The van der Waals surface area contributed by atoms with Crippen LogP contribution in [0.2, 0.25) is 0 Å². The van der Waals surface area contributed by atoms with Gasteiger partial charge < -0.3 is 15.2 Å². The van der Waals surface area contributed by atoms with E-state index in [0.717, 1.165) is 0 Å². The highest BCUT2D eigenvalue weighted by molar-refractivity contribution is 5.54. The SMILES string of the molecule is CCOc1cccc(Oc2cc(N)cc([N+](=O)[O-])c2)c1. The predicted octanol–water partition coefficient (Wildman–Crippen LogP) is 3.37. The molecule has 0 fully saturated rings. The van der Waals surface area contributed by atoms with E-state index in [9.17, 15) is 10.1 Å². The van der Waals surface area contributed by atoms with Gasteiger partial charge in [0.2, 0.25) is 0 Å². The molecule has 2 rings (SSSR count). The molecule has 0 aliphatic heterocycles. The Morgan fingerprint density at radius 2 is 1.90 bits per heavy atom. The minimum absolute atomic E-state index is 0.110. The van der Waals surface area contributed by atoms with Gasteiger partial charge in [0.1, 0.15) is 17.2 Å². The molecular formula is C14H14N2O4. The van der Waals surface area contributed by atoms with Crippen LogP contribution in [0.1, 0.15) is 6.92 Å². The van der Waals surface area contributed by atoms with E-state index >= 15 is 0 Å². The Kier molecular flexibility index (Phi) is 4.05. The van der Waals surface area contributed by atoms with Crippen LogP contribution < -0.4 is 15.2 Å². The van der Waals surface area contributed by atoms with Gasteiger partial charge in [0, 0.05) is 23.9 Å². The number of hydrogen-bond donors (Lipinski definition) is 1. The molecule has 0 aliphatic rings. The number of benzene rings is 2. The fourth-order valence-electron chi connectivity index (χ4n) is 1.70. The fourth-order valence-corrected chi connectivity index (χ4v) is 1.70. The number of non-ortho nitro benzene ring substituents is 1. The van der Waals surface area contributed by atoms with Crippen molar-refractivity contribution in [1.29, 1.82) is 0 Å². The Morgan fingerprint density at radius 3 is 2.60 bits per heavy atom. The molecule has 0 radical (unpaired) electrons. The first kappa shape index (κ1) is 13.7. The Morgan fingerprint density at radius 1 is 1.15 bits per heavy atom. The minimum Gasteiger partial charge on any atom is -0.494 e. The summed E-state index contributed by atoms with van der Waals surface area (Å²) in [6.07, 6.45) is 0. The molecule has 0 atom stereocenters. The average Bonchev–Trinajstić information content (AvgIpc) is 2.38. The Balaban J connectivity index is 2.25. The number of ether oxygens (including phenoxy) is 2. The van der Waals surface area contributed by atoms with Crippen molar-refractivity contribution < 1.29 is 14.4 Å². The van der Waals surface area contributed by atoms with Crippen LogP contribution in [0, 0.1) is 10.1 Å². The van der Waals surface area contributed by atoms with Gasteiger partial charge in [0.25, 0.3) is 5.69 Å². The summed E-state index contributed by atoms with van der Waals surface area (Å²) < 4.78 is 10.9. The van der Waals surface area contributed by atoms with Gasteiger partial charge in [-0.15, -0.1) is 0 Å². The number of nitrogens with zero attached hydrogens (tertiary/aromatic N) is 1. The van der Waals surface area contributed by atoms with Crippen molar-refractivity contribution in [3.8, 4) is 17.2 Å². The average molecular weight is 274 g/mol. The second kappa shape index (κ2) is 5.92. The lowest BCUT2D eigenvalue weighted by molar-refractivity contribution is -0.384. The second-order valence-electron chi connectivity index (χ2n) is 4.03. The molecule has 0 unspecified atom stereocenters. The number of rotatable bonds is 5. The number of nitro groups is 1. The number of nitro benzene ring substituents is 1. The summed E-state index contributed by atoms with van der Waals surface area (Å²) in [7, 11) is 0. The quantitative estimate of drug-likeness (QED) is 0.513. The van der Waals surface area contributed by atoms with E-state index in [1.807, 2.05) is 6.92 Å². The lowest BCUT2D eigenvalue weighted by Gasteiger charge is -2.08. The van der Waals surface area contributed by atoms with E-state index in [2.05, 4.69) is 0 Å². The monoisotopic (exact) mass is 274 g/mol. The molecule has 0 saturated carbocycles. The number of hydrogen-bond acceptors (Lipinski definition) is 5. The summed E-state index contributed by atoms with van der Waals surface area (Å²) in [5, 5.41) is 10.8. The van der Waals surface area contributed by atoms with Crippen LogP contribution in [0.15, 0.2) is 42.5 Å². The summed E-state index contributed by atoms with van der Waals surface area (Å²) >= 11 is 0.